The number of nitrogen functional groups attached to an aromatic ring is 1. The van der Waals surface area contributed by atoms with Crippen LogP contribution in [0.25, 0.3) is 0 Å². The van der Waals surface area contributed by atoms with Crippen LogP contribution in [0, 0.1) is 16.0 Å². The molecule has 1 aliphatic heterocycles. The van der Waals surface area contributed by atoms with E-state index in [2.05, 4.69) is 17.2 Å². The van der Waals surface area contributed by atoms with Gasteiger partial charge in [-0.3, -0.25) is 20.9 Å². The topological polar surface area (TPSA) is 84.4 Å². The van der Waals surface area contributed by atoms with Crippen molar-refractivity contribution >= 4 is 11.4 Å². The van der Waals surface area contributed by atoms with Crippen LogP contribution in [0.15, 0.2) is 18.2 Å². The molecular formula is C13H20N4O2. The van der Waals surface area contributed by atoms with Crippen molar-refractivity contribution in [2.45, 2.75) is 26.3 Å². The molecule has 0 spiro atoms. The van der Waals surface area contributed by atoms with Crippen molar-refractivity contribution in [2.24, 2.45) is 11.8 Å². The van der Waals surface area contributed by atoms with E-state index in [1.54, 1.807) is 6.07 Å². The Labute approximate surface area is 112 Å². The van der Waals surface area contributed by atoms with Gasteiger partial charge in [-0.15, -0.1) is 0 Å². The van der Waals surface area contributed by atoms with E-state index in [0.717, 1.165) is 18.7 Å². The number of hydrogen-bond acceptors (Lipinski definition) is 5. The van der Waals surface area contributed by atoms with Gasteiger partial charge < -0.3 is 5.43 Å². The number of nitro groups is 1. The molecule has 0 saturated carbocycles. The number of hydrazine groups is 1. The number of rotatable bonds is 4. The van der Waals surface area contributed by atoms with Crippen molar-refractivity contribution < 1.29 is 4.92 Å². The van der Waals surface area contributed by atoms with Crippen LogP contribution >= 0.6 is 0 Å². The zero-order valence-corrected chi connectivity index (χ0v) is 11.1. The summed E-state index contributed by atoms with van der Waals surface area (Å²) in [5.74, 6) is 6.13. The van der Waals surface area contributed by atoms with Gasteiger partial charge in [0, 0.05) is 19.2 Å². The number of nitrogens with two attached hydrogens (primary N) is 1. The summed E-state index contributed by atoms with van der Waals surface area (Å²) in [4.78, 5) is 12.9. The lowest BCUT2D eigenvalue weighted by Gasteiger charge is -2.31. The number of hydrogen-bond donors (Lipinski definition) is 2. The van der Waals surface area contributed by atoms with Crippen molar-refractivity contribution in [3.63, 3.8) is 0 Å². The maximum absolute atomic E-state index is 11.0. The van der Waals surface area contributed by atoms with Crippen LogP contribution in [0.5, 0.6) is 0 Å². The number of nitro benzene ring substituents is 1. The Morgan fingerprint density at radius 2 is 2.37 bits per heavy atom. The van der Waals surface area contributed by atoms with E-state index in [9.17, 15) is 10.1 Å². The lowest BCUT2D eigenvalue weighted by atomic mass is 9.99. The number of anilines is 1. The predicted octanol–water partition coefficient (Wildman–Crippen LogP) is 2.11. The van der Waals surface area contributed by atoms with Gasteiger partial charge in [0.1, 0.15) is 5.69 Å². The zero-order valence-electron chi connectivity index (χ0n) is 11.1. The van der Waals surface area contributed by atoms with Crippen LogP contribution in [-0.4, -0.2) is 22.9 Å². The van der Waals surface area contributed by atoms with E-state index in [1.165, 1.54) is 18.9 Å². The average Bonchev–Trinajstić information content (AvgIpc) is 2.38. The second-order valence-corrected chi connectivity index (χ2v) is 5.20. The molecule has 1 saturated heterocycles. The maximum atomic E-state index is 11.0. The van der Waals surface area contributed by atoms with Crippen LogP contribution < -0.4 is 11.3 Å². The molecule has 6 heteroatoms. The minimum absolute atomic E-state index is 0.0325. The summed E-state index contributed by atoms with van der Waals surface area (Å²) in [6.07, 6.45) is 2.44. The summed E-state index contributed by atoms with van der Waals surface area (Å²) in [6.45, 7) is 5.01. The molecule has 0 radical (unpaired) electrons. The molecule has 0 bridgehead atoms. The van der Waals surface area contributed by atoms with Crippen molar-refractivity contribution in [3.05, 3.63) is 33.9 Å². The third-order valence-electron chi connectivity index (χ3n) is 3.60. The Balaban J connectivity index is 2.19. The van der Waals surface area contributed by atoms with Gasteiger partial charge in [0.2, 0.25) is 0 Å². The first-order valence-electron chi connectivity index (χ1n) is 6.57. The summed E-state index contributed by atoms with van der Waals surface area (Å²) in [5, 5.41) is 11.0. The van der Waals surface area contributed by atoms with E-state index in [0.29, 0.717) is 18.2 Å². The van der Waals surface area contributed by atoms with Gasteiger partial charge in [-0.1, -0.05) is 19.1 Å². The maximum Gasteiger partial charge on any atom is 0.293 e. The number of likely N-dealkylation sites (tertiary alicyclic amines) is 1. The van der Waals surface area contributed by atoms with Crippen molar-refractivity contribution in [2.75, 3.05) is 18.5 Å². The van der Waals surface area contributed by atoms with Gasteiger partial charge >= 0.3 is 0 Å². The van der Waals surface area contributed by atoms with Crippen LogP contribution in [-0.2, 0) is 6.54 Å². The zero-order chi connectivity index (χ0) is 13.8. The van der Waals surface area contributed by atoms with Crippen LogP contribution in [0.2, 0.25) is 0 Å². The van der Waals surface area contributed by atoms with Crippen LogP contribution in [0.1, 0.15) is 25.3 Å². The minimum Gasteiger partial charge on any atom is -0.318 e. The lowest BCUT2D eigenvalue weighted by Crippen LogP contribution is -2.34. The molecule has 1 aromatic rings. The third-order valence-corrected chi connectivity index (χ3v) is 3.60. The van der Waals surface area contributed by atoms with E-state index in [1.807, 2.05) is 6.07 Å². The number of nitrogens with zero attached hydrogens (tertiary/aromatic N) is 2. The quantitative estimate of drug-likeness (QED) is 0.494. The first-order valence-corrected chi connectivity index (χ1v) is 6.57. The third kappa shape index (κ3) is 3.21. The Hall–Kier alpha value is -1.66. The number of piperidine rings is 1. The van der Waals surface area contributed by atoms with Gasteiger partial charge in [-0.2, -0.15) is 0 Å². The molecule has 19 heavy (non-hydrogen) atoms. The van der Waals surface area contributed by atoms with Gasteiger partial charge in [0.25, 0.3) is 5.69 Å². The lowest BCUT2D eigenvalue weighted by molar-refractivity contribution is -0.384. The minimum atomic E-state index is -0.405. The molecule has 1 heterocycles. The first kappa shape index (κ1) is 13.8. The highest BCUT2D eigenvalue weighted by Crippen LogP contribution is 2.29. The first-order chi connectivity index (χ1) is 9.11. The van der Waals surface area contributed by atoms with E-state index in [4.69, 9.17) is 5.84 Å². The smallest absolute Gasteiger partial charge is 0.293 e. The van der Waals surface area contributed by atoms with Gasteiger partial charge in [-0.25, -0.2) is 0 Å². The van der Waals surface area contributed by atoms with E-state index in [-0.39, 0.29) is 5.69 Å². The Bertz CT molecular complexity index is 464. The summed E-state index contributed by atoms with van der Waals surface area (Å²) >= 11 is 0. The number of para-hydroxylation sites is 1. The predicted molar refractivity (Wildman–Crippen MR) is 74.6 cm³/mol. The number of benzene rings is 1. The van der Waals surface area contributed by atoms with Crippen LogP contribution in [0.3, 0.4) is 0 Å². The molecule has 1 aromatic carbocycles. The normalized spacial score (nSPS) is 20.2. The molecule has 0 amide bonds. The number of nitrogens with one attached hydrogen (secondary N) is 1. The Morgan fingerprint density at radius 1 is 1.58 bits per heavy atom. The SMILES string of the molecule is CC1CCCN(Cc2cccc([N+](=O)[O-])c2NN)C1. The van der Waals surface area contributed by atoms with E-state index >= 15 is 0 Å². The molecule has 1 aliphatic rings. The second-order valence-electron chi connectivity index (χ2n) is 5.20. The second kappa shape index (κ2) is 5.99. The highest BCUT2D eigenvalue weighted by Gasteiger charge is 2.21. The van der Waals surface area contributed by atoms with Gasteiger partial charge in [0.05, 0.1) is 4.92 Å². The largest absolute Gasteiger partial charge is 0.318 e. The molecule has 6 nitrogen and oxygen atoms in total. The van der Waals surface area contributed by atoms with Crippen molar-refractivity contribution in [1.29, 1.82) is 0 Å². The molecule has 1 atom stereocenters. The summed E-state index contributed by atoms with van der Waals surface area (Å²) in [7, 11) is 0. The summed E-state index contributed by atoms with van der Waals surface area (Å²) in [5.41, 5.74) is 3.81. The fourth-order valence-corrected chi connectivity index (χ4v) is 2.71. The molecule has 104 valence electrons. The monoisotopic (exact) mass is 264 g/mol. The molecular weight excluding hydrogens is 244 g/mol. The fraction of sp³-hybridized carbons (Fsp3) is 0.538. The standard InChI is InChI=1S/C13H20N4O2/c1-10-4-3-7-16(8-10)9-11-5-2-6-12(17(18)19)13(11)15-14/h2,5-6,10,15H,3-4,7-9,14H2,1H3. The van der Waals surface area contributed by atoms with Crippen LogP contribution in [0.4, 0.5) is 11.4 Å². The summed E-state index contributed by atoms with van der Waals surface area (Å²) in [6, 6.07) is 5.07. The highest BCUT2D eigenvalue weighted by molar-refractivity contribution is 5.65. The molecule has 3 N–H and O–H groups in total. The van der Waals surface area contributed by atoms with Gasteiger partial charge in [0.15, 0.2) is 0 Å². The van der Waals surface area contributed by atoms with Crippen molar-refractivity contribution in [3.8, 4) is 0 Å². The molecule has 1 fully saturated rings. The Morgan fingerprint density at radius 3 is 3.00 bits per heavy atom. The molecule has 2 rings (SSSR count). The Kier molecular flexibility index (Phi) is 4.34. The molecule has 1 unspecified atom stereocenters. The fourth-order valence-electron chi connectivity index (χ4n) is 2.71. The average molecular weight is 264 g/mol. The highest BCUT2D eigenvalue weighted by atomic mass is 16.6. The molecule has 0 aromatic heterocycles. The molecule has 0 aliphatic carbocycles. The van der Waals surface area contributed by atoms with E-state index < -0.39 is 4.92 Å². The van der Waals surface area contributed by atoms with Crippen molar-refractivity contribution in [1.82, 2.24) is 4.90 Å². The summed E-state index contributed by atoms with van der Waals surface area (Å²) < 4.78 is 0. The van der Waals surface area contributed by atoms with Gasteiger partial charge in [-0.05, 0) is 30.9 Å².